The summed E-state index contributed by atoms with van der Waals surface area (Å²) in [5.74, 6) is -0.421. The van der Waals surface area contributed by atoms with Crippen LogP contribution in [0.1, 0.15) is 31.9 Å². The minimum atomic E-state index is -1.12. The molecule has 0 aliphatic carbocycles. The van der Waals surface area contributed by atoms with Gasteiger partial charge in [0.15, 0.2) is 0 Å². The minimum Gasteiger partial charge on any atom is -0.488 e. The number of ether oxygens (including phenoxy) is 2. The van der Waals surface area contributed by atoms with E-state index in [0.717, 1.165) is 11.1 Å². The molecule has 27 heavy (non-hydrogen) atoms. The lowest BCUT2D eigenvalue weighted by Gasteiger charge is -2.21. The molecule has 0 spiro atoms. The lowest BCUT2D eigenvalue weighted by molar-refractivity contribution is -0.139. The maximum absolute atomic E-state index is 11.9. The van der Waals surface area contributed by atoms with Crippen LogP contribution in [-0.2, 0) is 22.6 Å². The van der Waals surface area contributed by atoms with Gasteiger partial charge in [0.25, 0.3) is 0 Å². The van der Waals surface area contributed by atoms with Gasteiger partial charge in [-0.1, -0.05) is 42.5 Å². The van der Waals surface area contributed by atoms with Gasteiger partial charge in [0.2, 0.25) is 0 Å². The number of rotatable bonds is 7. The number of carboxylic acid groups (broad SMARTS) is 1. The summed E-state index contributed by atoms with van der Waals surface area (Å²) in [5, 5.41) is 11.8. The zero-order chi connectivity index (χ0) is 19.9. The van der Waals surface area contributed by atoms with E-state index >= 15 is 0 Å². The van der Waals surface area contributed by atoms with Crippen molar-refractivity contribution in [3.8, 4) is 5.75 Å². The average Bonchev–Trinajstić information content (AvgIpc) is 2.60. The molecular formula is C21H25NO5. The number of benzene rings is 2. The van der Waals surface area contributed by atoms with E-state index in [0.29, 0.717) is 5.75 Å². The van der Waals surface area contributed by atoms with Crippen molar-refractivity contribution in [3.63, 3.8) is 0 Å². The van der Waals surface area contributed by atoms with Crippen LogP contribution in [0.2, 0.25) is 0 Å². The van der Waals surface area contributed by atoms with Crippen molar-refractivity contribution < 1.29 is 24.2 Å². The van der Waals surface area contributed by atoms with Crippen LogP contribution >= 0.6 is 0 Å². The third-order valence-electron chi connectivity index (χ3n) is 3.59. The minimum absolute atomic E-state index is 0.0812. The molecule has 0 aliphatic rings. The van der Waals surface area contributed by atoms with E-state index < -0.39 is 18.1 Å². The summed E-state index contributed by atoms with van der Waals surface area (Å²) in [6.45, 7) is 5.93. The number of aliphatic carboxylic acids is 1. The van der Waals surface area contributed by atoms with Gasteiger partial charge < -0.3 is 19.9 Å². The molecule has 6 heteroatoms. The molecule has 144 valence electrons. The van der Waals surface area contributed by atoms with Crippen LogP contribution in [0, 0.1) is 0 Å². The van der Waals surface area contributed by atoms with E-state index in [1.165, 1.54) is 0 Å². The van der Waals surface area contributed by atoms with E-state index in [9.17, 15) is 14.7 Å². The second-order valence-electron chi connectivity index (χ2n) is 7.16. The van der Waals surface area contributed by atoms with E-state index in [4.69, 9.17) is 9.47 Å². The first-order chi connectivity index (χ1) is 12.7. The molecule has 0 bridgehead atoms. The van der Waals surface area contributed by atoms with Crippen molar-refractivity contribution >= 4 is 12.1 Å². The van der Waals surface area contributed by atoms with Crippen LogP contribution in [0.15, 0.2) is 54.6 Å². The number of hydrogen-bond acceptors (Lipinski definition) is 4. The first kappa shape index (κ1) is 20.3. The summed E-state index contributed by atoms with van der Waals surface area (Å²) in [4.78, 5) is 23.4. The molecule has 0 radical (unpaired) electrons. The van der Waals surface area contributed by atoms with E-state index in [2.05, 4.69) is 5.32 Å². The fourth-order valence-electron chi connectivity index (χ4n) is 2.39. The summed E-state index contributed by atoms with van der Waals surface area (Å²) < 4.78 is 10.8. The number of hydrogen-bond donors (Lipinski definition) is 2. The quantitative estimate of drug-likeness (QED) is 0.774. The summed E-state index contributed by atoms with van der Waals surface area (Å²) in [6.07, 6.45) is -0.620. The van der Waals surface area contributed by atoms with E-state index in [-0.39, 0.29) is 18.6 Å². The van der Waals surface area contributed by atoms with Crippen LogP contribution < -0.4 is 10.1 Å². The predicted molar refractivity (Wildman–Crippen MR) is 102 cm³/mol. The molecular weight excluding hydrogens is 346 g/mol. The van der Waals surface area contributed by atoms with Crippen LogP contribution in [0.5, 0.6) is 5.75 Å². The van der Waals surface area contributed by atoms with Crippen molar-refractivity contribution in [2.24, 2.45) is 0 Å². The van der Waals surface area contributed by atoms with Crippen molar-refractivity contribution in [1.29, 1.82) is 0 Å². The summed E-state index contributed by atoms with van der Waals surface area (Å²) in [6, 6.07) is 15.2. The Morgan fingerprint density at radius 3 is 2.19 bits per heavy atom. The van der Waals surface area contributed by atoms with Crippen molar-refractivity contribution in [3.05, 3.63) is 65.7 Å². The van der Waals surface area contributed by atoms with Gasteiger partial charge in [-0.05, 0) is 44.0 Å². The molecule has 0 aromatic heterocycles. The molecule has 0 fully saturated rings. The van der Waals surface area contributed by atoms with Gasteiger partial charge in [-0.2, -0.15) is 0 Å². The molecule has 0 heterocycles. The summed E-state index contributed by atoms with van der Waals surface area (Å²) in [7, 11) is 0. The van der Waals surface area contributed by atoms with Gasteiger partial charge in [0.05, 0.1) is 0 Å². The first-order valence-electron chi connectivity index (χ1n) is 8.71. The monoisotopic (exact) mass is 371 g/mol. The van der Waals surface area contributed by atoms with Gasteiger partial charge in [0, 0.05) is 6.42 Å². The molecule has 0 aliphatic heterocycles. The van der Waals surface area contributed by atoms with Crippen molar-refractivity contribution in [1.82, 2.24) is 5.32 Å². The SMILES string of the molecule is CC(C)(C)Oc1ccc(C[C@@H](NC(=O)OCc2ccccc2)C(=O)O)cc1. The molecule has 0 saturated heterocycles. The topological polar surface area (TPSA) is 84.9 Å². The Morgan fingerprint density at radius 2 is 1.63 bits per heavy atom. The van der Waals surface area contributed by atoms with Crippen LogP contribution in [-0.4, -0.2) is 28.8 Å². The van der Waals surface area contributed by atoms with Crippen molar-refractivity contribution in [2.75, 3.05) is 0 Å². The summed E-state index contributed by atoms with van der Waals surface area (Å²) in [5.41, 5.74) is 1.29. The van der Waals surface area contributed by atoms with Crippen molar-refractivity contribution in [2.45, 2.75) is 45.4 Å². The largest absolute Gasteiger partial charge is 0.488 e. The van der Waals surface area contributed by atoms with Crippen LogP contribution in [0.25, 0.3) is 0 Å². The maximum Gasteiger partial charge on any atom is 0.408 e. The predicted octanol–water partition coefficient (Wildman–Crippen LogP) is 3.79. The lowest BCUT2D eigenvalue weighted by Crippen LogP contribution is -2.42. The fourth-order valence-corrected chi connectivity index (χ4v) is 2.39. The Hall–Kier alpha value is -3.02. The van der Waals surface area contributed by atoms with Gasteiger partial charge in [-0.3, -0.25) is 0 Å². The molecule has 1 atom stereocenters. The Balaban J connectivity index is 1.91. The second kappa shape index (κ2) is 9.07. The molecule has 2 aromatic rings. The molecule has 2 N–H and O–H groups in total. The maximum atomic E-state index is 11.9. The molecule has 0 unspecified atom stereocenters. The molecule has 2 rings (SSSR count). The highest BCUT2D eigenvalue weighted by atomic mass is 16.5. The van der Waals surface area contributed by atoms with E-state index in [1.807, 2.05) is 51.1 Å². The number of carbonyl (C=O) groups excluding carboxylic acids is 1. The zero-order valence-electron chi connectivity index (χ0n) is 15.8. The van der Waals surface area contributed by atoms with Gasteiger partial charge in [0.1, 0.15) is 24.0 Å². The number of alkyl carbamates (subject to hydrolysis) is 1. The molecule has 6 nitrogen and oxygen atoms in total. The number of carboxylic acids is 1. The Bertz CT molecular complexity index is 750. The zero-order valence-corrected chi connectivity index (χ0v) is 15.8. The van der Waals surface area contributed by atoms with Gasteiger partial charge in [-0.25, -0.2) is 9.59 Å². The Kier molecular flexibility index (Phi) is 6.82. The second-order valence-corrected chi connectivity index (χ2v) is 7.16. The standard InChI is InChI=1S/C21H25NO5/c1-21(2,3)27-17-11-9-15(10-12-17)13-18(19(23)24)22-20(25)26-14-16-7-5-4-6-8-16/h4-12,18H,13-14H2,1-3H3,(H,22,25)(H,23,24)/t18-/m1/s1. The number of carbonyl (C=O) groups is 2. The van der Waals surface area contributed by atoms with Crippen LogP contribution in [0.4, 0.5) is 4.79 Å². The first-order valence-corrected chi connectivity index (χ1v) is 8.71. The Morgan fingerprint density at radius 1 is 1.00 bits per heavy atom. The number of nitrogens with one attached hydrogen (secondary N) is 1. The smallest absolute Gasteiger partial charge is 0.408 e. The highest BCUT2D eigenvalue weighted by molar-refractivity contribution is 5.80. The summed E-state index contributed by atoms with van der Waals surface area (Å²) >= 11 is 0. The Labute approximate surface area is 159 Å². The lowest BCUT2D eigenvalue weighted by atomic mass is 10.1. The highest BCUT2D eigenvalue weighted by Crippen LogP contribution is 2.19. The molecule has 0 saturated carbocycles. The number of amides is 1. The normalized spacial score (nSPS) is 12.1. The fraction of sp³-hybridized carbons (Fsp3) is 0.333. The van der Waals surface area contributed by atoms with Crippen LogP contribution in [0.3, 0.4) is 0 Å². The van der Waals surface area contributed by atoms with Gasteiger partial charge >= 0.3 is 12.1 Å². The molecule has 2 aromatic carbocycles. The average molecular weight is 371 g/mol. The van der Waals surface area contributed by atoms with E-state index in [1.54, 1.807) is 24.3 Å². The molecule has 1 amide bonds. The third kappa shape index (κ3) is 7.40. The highest BCUT2D eigenvalue weighted by Gasteiger charge is 2.21. The van der Waals surface area contributed by atoms with Gasteiger partial charge in [-0.15, -0.1) is 0 Å². The third-order valence-corrected chi connectivity index (χ3v) is 3.59.